The summed E-state index contributed by atoms with van der Waals surface area (Å²) in [5, 5.41) is 0. The zero-order valence-corrected chi connectivity index (χ0v) is 11.0. The monoisotopic (exact) mass is 245 g/mol. The molecule has 0 aromatic heterocycles. The Kier molecular flexibility index (Phi) is 3.41. The molecule has 3 nitrogen and oxygen atoms in total. The summed E-state index contributed by atoms with van der Waals surface area (Å²) < 4.78 is 0. The van der Waals surface area contributed by atoms with E-state index in [-0.39, 0.29) is 0 Å². The van der Waals surface area contributed by atoms with E-state index < -0.39 is 0 Å². The zero-order chi connectivity index (χ0) is 12.4. The molecule has 1 saturated heterocycles. The molecule has 98 valence electrons. The van der Waals surface area contributed by atoms with Crippen LogP contribution in [0.25, 0.3) is 0 Å². The van der Waals surface area contributed by atoms with Crippen LogP contribution in [0, 0.1) is 0 Å². The van der Waals surface area contributed by atoms with E-state index in [0.717, 1.165) is 19.6 Å². The van der Waals surface area contributed by atoms with Gasteiger partial charge in [0.05, 0.1) is 11.4 Å². The molecule has 0 unspecified atom stereocenters. The molecular weight excluding hydrogens is 222 g/mol. The van der Waals surface area contributed by atoms with Gasteiger partial charge >= 0.3 is 0 Å². The Morgan fingerprint density at radius 3 is 2.78 bits per heavy atom. The second-order valence-corrected chi connectivity index (χ2v) is 5.42. The first-order chi connectivity index (χ1) is 8.90. The molecule has 18 heavy (non-hydrogen) atoms. The van der Waals surface area contributed by atoms with Gasteiger partial charge in [0.1, 0.15) is 0 Å². The van der Waals surface area contributed by atoms with Gasteiger partial charge in [0.25, 0.3) is 0 Å². The fourth-order valence-corrected chi connectivity index (χ4v) is 3.38. The zero-order valence-electron chi connectivity index (χ0n) is 11.0. The van der Waals surface area contributed by atoms with Crippen molar-refractivity contribution in [1.82, 2.24) is 0 Å². The maximum absolute atomic E-state index is 5.76. The third-order valence-corrected chi connectivity index (χ3v) is 4.24. The van der Waals surface area contributed by atoms with Gasteiger partial charge in [0.15, 0.2) is 0 Å². The summed E-state index contributed by atoms with van der Waals surface area (Å²) >= 11 is 0. The van der Waals surface area contributed by atoms with Crippen LogP contribution in [0.1, 0.15) is 25.7 Å². The Morgan fingerprint density at radius 2 is 1.94 bits per heavy atom. The quantitative estimate of drug-likeness (QED) is 0.867. The largest absolute Gasteiger partial charge is 0.367 e. The average Bonchev–Trinajstić information content (AvgIpc) is 2.64. The Labute approximate surface area is 110 Å². The van der Waals surface area contributed by atoms with Crippen molar-refractivity contribution in [2.45, 2.75) is 31.7 Å². The summed E-state index contributed by atoms with van der Waals surface area (Å²) in [6.07, 6.45) is 5.42. The number of nitrogens with zero attached hydrogens (tertiary/aromatic N) is 2. The summed E-state index contributed by atoms with van der Waals surface area (Å²) in [6, 6.07) is 9.50. The van der Waals surface area contributed by atoms with E-state index in [1.165, 1.54) is 43.6 Å². The Bertz CT molecular complexity index is 404. The minimum absolute atomic E-state index is 0.689. The fraction of sp³-hybridized carbons (Fsp3) is 0.600. The highest BCUT2D eigenvalue weighted by molar-refractivity contribution is 5.74. The van der Waals surface area contributed by atoms with E-state index in [0.29, 0.717) is 6.04 Å². The number of nitrogens with two attached hydrogens (primary N) is 1. The summed E-state index contributed by atoms with van der Waals surface area (Å²) in [4.78, 5) is 5.11. The minimum atomic E-state index is 0.689. The molecule has 0 saturated carbocycles. The van der Waals surface area contributed by atoms with E-state index in [9.17, 15) is 0 Å². The van der Waals surface area contributed by atoms with E-state index >= 15 is 0 Å². The van der Waals surface area contributed by atoms with Crippen LogP contribution in [-0.4, -0.2) is 32.2 Å². The molecule has 0 amide bonds. The standard InChI is InChI=1S/C15H23N3/c16-9-11-17-12-13-6-2-1-5-10-18(13)15-8-4-3-7-14(15)17/h3-4,7-8,13H,1-2,5-6,9-12,16H2/t13-/m1/s1. The molecule has 2 heterocycles. The second kappa shape index (κ2) is 5.19. The molecule has 2 aliphatic heterocycles. The molecule has 3 heteroatoms. The molecule has 1 fully saturated rings. The molecule has 3 rings (SSSR count). The van der Waals surface area contributed by atoms with Crippen LogP contribution in [0.15, 0.2) is 24.3 Å². The maximum Gasteiger partial charge on any atom is 0.0607 e. The minimum Gasteiger partial charge on any atom is -0.367 e. The van der Waals surface area contributed by atoms with Crippen LogP contribution < -0.4 is 15.5 Å². The van der Waals surface area contributed by atoms with Crippen LogP contribution in [0.5, 0.6) is 0 Å². The van der Waals surface area contributed by atoms with Crippen molar-refractivity contribution < 1.29 is 0 Å². The molecule has 0 radical (unpaired) electrons. The maximum atomic E-state index is 5.76. The Balaban J connectivity index is 1.95. The van der Waals surface area contributed by atoms with E-state index in [1.54, 1.807) is 0 Å². The highest BCUT2D eigenvalue weighted by Gasteiger charge is 2.30. The third kappa shape index (κ3) is 2.07. The van der Waals surface area contributed by atoms with Crippen molar-refractivity contribution in [2.75, 3.05) is 36.0 Å². The number of benzene rings is 1. The van der Waals surface area contributed by atoms with Gasteiger partial charge < -0.3 is 15.5 Å². The second-order valence-electron chi connectivity index (χ2n) is 5.42. The molecule has 0 bridgehead atoms. The number of para-hydroxylation sites is 2. The predicted molar refractivity (Wildman–Crippen MR) is 77.3 cm³/mol. The lowest BCUT2D eigenvalue weighted by Gasteiger charge is -2.44. The van der Waals surface area contributed by atoms with Gasteiger partial charge in [-0.05, 0) is 25.0 Å². The summed E-state index contributed by atoms with van der Waals surface area (Å²) in [5.41, 5.74) is 8.56. The van der Waals surface area contributed by atoms with Gasteiger partial charge in [-0.2, -0.15) is 0 Å². The molecule has 1 aromatic carbocycles. The van der Waals surface area contributed by atoms with Crippen LogP contribution in [-0.2, 0) is 0 Å². The summed E-state index contributed by atoms with van der Waals surface area (Å²) in [5.74, 6) is 0. The highest BCUT2D eigenvalue weighted by atomic mass is 15.3. The molecular formula is C15H23N3. The average molecular weight is 245 g/mol. The van der Waals surface area contributed by atoms with E-state index in [1.807, 2.05) is 0 Å². The topological polar surface area (TPSA) is 32.5 Å². The number of fused-ring (bicyclic) bond motifs is 3. The SMILES string of the molecule is NCCN1C[C@H]2CCCCCN2c2ccccc21. The Morgan fingerprint density at radius 1 is 1.11 bits per heavy atom. The highest BCUT2D eigenvalue weighted by Crippen LogP contribution is 2.37. The normalized spacial score (nSPS) is 23.3. The van der Waals surface area contributed by atoms with Gasteiger partial charge in [-0.25, -0.2) is 0 Å². The summed E-state index contributed by atoms with van der Waals surface area (Å²) in [6.45, 7) is 4.08. The van der Waals surface area contributed by atoms with Gasteiger partial charge in [-0.3, -0.25) is 0 Å². The van der Waals surface area contributed by atoms with E-state index in [2.05, 4.69) is 34.1 Å². The lowest BCUT2D eigenvalue weighted by molar-refractivity contribution is 0.539. The predicted octanol–water partition coefficient (Wildman–Crippen LogP) is 2.21. The fourth-order valence-electron chi connectivity index (χ4n) is 3.38. The molecule has 0 aliphatic carbocycles. The molecule has 0 spiro atoms. The molecule has 2 N–H and O–H groups in total. The molecule has 2 aliphatic rings. The first-order valence-corrected chi connectivity index (χ1v) is 7.21. The number of anilines is 2. The van der Waals surface area contributed by atoms with Crippen LogP contribution in [0.2, 0.25) is 0 Å². The first-order valence-electron chi connectivity index (χ1n) is 7.21. The van der Waals surface area contributed by atoms with Crippen LogP contribution >= 0.6 is 0 Å². The van der Waals surface area contributed by atoms with Crippen molar-refractivity contribution in [1.29, 1.82) is 0 Å². The van der Waals surface area contributed by atoms with Crippen molar-refractivity contribution >= 4 is 11.4 Å². The van der Waals surface area contributed by atoms with Crippen LogP contribution in [0.3, 0.4) is 0 Å². The number of hydrogen-bond acceptors (Lipinski definition) is 3. The van der Waals surface area contributed by atoms with Crippen molar-refractivity contribution in [3.63, 3.8) is 0 Å². The van der Waals surface area contributed by atoms with Crippen molar-refractivity contribution in [3.05, 3.63) is 24.3 Å². The summed E-state index contributed by atoms with van der Waals surface area (Å²) in [7, 11) is 0. The van der Waals surface area contributed by atoms with Crippen LogP contribution in [0.4, 0.5) is 11.4 Å². The molecule has 1 atom stereocenters. The van der Waals surface area contributed by atoms with Crippen molar-refractivity contribution in [2.24, 2.45) is 5.73 Å². The van der Waals surface area contributed by atoms with Gasteiger partial charge in [0, 0.05) is 32.2 Å². The smallest absolute Gasteiger partial charge is 0.0607 e. The lowest BCUT2D eigenvalue weighted by atomic mass is 10.0. The first kappa shape index (κ1) is 11.8. The number of hydrogen-bond donors (Lipinski definition) is 1. The lowest BCUT2D eigenvalue weighted by Crippen LogP contribution is -2.49. The Hall–Kier alpha value is -1.22. The molecule has 1 aromatic rings. The van der Waals surface area contributed by atoms with Gasteiger partial charge in [-0.1, -0.05) is 25.0 Å². The van der Waals surface area contributed by atoms with E-state index in [4.69, 9.17) is 5.73 Å². The number of rotatable bonds is 2. The van der Waals surface area contributed by atoms with Crippen molar-refractivity contribution in [3.8, 4) is 0 Å². The van der Waals surface area contributed by atoms with Gasteiger partial charge in [0.2, 0.25) is 0 Å². The van der Waals surface area contributed by atoms with Gasteiger partial charge in [-0.15, -0.1) is 0 Å². The third-order valence-electron chi connectivity index (χ3n) is 4.24.